The Balaban J connectivity index is 2.66. The molecule has 0 aliphatic heterocycles. The van der Waals surface area contributed by atoms with E-state index in [1.807, 2.05) is 32.0 Å². The van der Waals surface area contributed by atoms with Gasteiger partial charge in [0.05, 0.1) is 5.56 Å². The van der Waals surface area contributed by atoms with Crippen molar-refractivity contribution in [2.75, 3.05) is 0 Å². The van der Waals surface area contributed by atoms with Crippen molar-refractivity contribution in [2.24, 2.45) is 0 Å². The second-order valence-corrected chi connectivity index (χ2v) is 5.13. The van der Waals surface area contributed by atoms with Crippen molar-refractivity contribution in [1.29, 1.82) is 0 Å². The summed E-state index contributed by atoms with van der Waals surface area (Å²) in [5.74, 6) is -0.178. The van der Waals surface area contributed by atoms with Crippen LogP contribution < -0.4 is 10.6 Å². The first-order chi connectivity index (χ1) is 7.50. The van der Waals surface area contributed by atoms with E-state index in [9.17, 15) is 4.79 Å². The minimum absolute atomic E-state index is 0.178. The van der Waals surface area contributed by atoms with E-state index in [2.05, 4.69) is 33.2 Å². The van der Waals surface area contributed by atoms with Gasteiger partial charge in [0.2, 0.25) is 0 Å². The quantitative estimate of drug-likeness (QED) is 0.637. The number of nitrogens with one attached hydrogen (secondary N) is 2. The third kappa shape index (κ3) is 4.05. The Bertz CT molecular complexity index is 407. The lowest BCUT2D eigenvalue weighted by Crippen LogP contribution is -2.42. The molecule has 0 atom stereocenters. The summed E-state index contributed by atoms with van der Waals surface area (Å²) in [7, 11) is 0. The number of rotatable bonds is 2. The van der Waals surface area contributed by atoms with Gasteiger partial charge in [-0.3, -0.25) is 10.1 Å². The molecular weight excluding hydrogens is 335 g/mol. The molecule has 3 nitrogen and oxygen atoms in total. The maximum atomic E-state index is 11.8. The van der Waals surface area contributed by atoms with Crippen LogP contribution in [0.4, 0.5) is 0 Å². The lowest BCUT2D eigenvalue weighted by molar-refractivity contribution is 0.0975. The predicted octanol–water partition coefficient (Wildman–Crippen LogP) is 2.30. The summed E-state index contributed by atoms with van der Waals surface area (Å²) in [6, 6.07) is 7.59. The summed E-state index contributed by atoms with van der Waals surface area (Å²) in [5.41, 5.74) is 0.635. The van der Waals surface area contributed by atoms with Crippen molar-refractivity contribution in [3.8, 4) is 0 Å². The molecule has 5 heteroatoms. The van der Waals surface area contributed by atoms with Gasteiger partial charge in [0.25, 0.3) is 5.91 Å². The Kier molecular flexibility index (Phi) is 5.14. The molecule has 1 aromatic carbocycles. The van der Waals surface area contributed by atoms with Gasteiger partial charge in [-0.2, -0.15) is 0 Å². The first-order valence-corrected chi connectivity index (χ1v) is 6.35. The molecule has 0 aromatic heterocycles. The molecule has 2 N–H and O–H groups in total. The number of hydrogen-bond acceptors (Lipinski definition) is 2. The third-order valence-electron chi connectivity index (χ3n) is 1.77. The highest BCUT2D eigenvalue weighted by molar-refractivity contribution is 14.1. The lowest BCUT2D eigenvalue weighted by Gasteiger charge is -2.12. The van der Waals surface area contributed by atoms with Gasteiger partial charge in [-0.05, 0) is 60.8 Å². The molecule has 1 amide bonds. The molecule has 1 rings (SSSR count). The largest absolute Gasteiger partial charge is 0.360 e. The zero-order valence-corrected chi connectivity index (χ0v) is 12.1. The second kappa shape index (κ2) is 6.15. The summed E-state index contributed by atoms with van der Waals surface area (Å²) >= 11 is 7.13. The van der Waals surface area contributed by atoms with Gasteiger partial charge in [-0.15, -0.1) is 0 Å². The molecule has 1 aromatic rings. The van der Waals surface area contributed by atoms with Crippen LogP contribution in [0.25, 0.3) is 0 Å². The van der Waals surface area contributed by atoms with Crippen molar-refractivity contribution in [3.05, 3.63) is 33.4 Å². The zero-order chi connectivity index (χ0) is 12.1. The SMILES string of the molecule is CC(C)NC(=S)NC(=O)c1ccccc1I. The first-order valence-electron chi connectivity index (χ1n) is 4.87. The molecule has 0 aliphatic rings. The Morgan fingerprint density at radius 3 is 2.56 bits per heavy atom. The molecule has 16 heavy (non-hydrogen) atoms. The maximum absolute atomic E-state index is 11.8. The first kappa shape index (κ1) is 13.4. The fourth-order valence-electron chi connectivity index (χ4n) is 1.11. The monoisotopic (exact) mass is 348 g/mol. The minimum Gasteiger partial charge on any atom is -0.360 e. The molecule has 0 spiro atoms. The van der Waals surface area contributed by atoms with Crippen LogP contribution >= 0.6 is 34.8 Å². The number of carbonyl (C=O) groups is 1. The fourth-order valence-corrected chi connectivity index (χ4v) is 2.07. The highest BCUT2D eigenvalue weighted by atomic mass is 127. The van der Waals surface area contributed by atoms with Gasteiger partial charge < -0.3 is 5.32 Å². The van der Waals surface area contributed by atoms with Crippen LogP contribution in [-0.4, -0.2) is 17.1 Å². The van der Waals surface area contributed by atoms with Crippen LogP contribution in [0, 0.1) is 3.57 Å². The van der Waals surface area contributed by atoms with Crippen LogP contribution in [0.3, 0.4) is 0 Å². The molecule has 86 valence electrons. The van der Waals surface area contributed by atoms with Crippen molar-refractivity contribution in [2.45, 2.75) is 19.9 Å². The highest BCUT2D eigenvalue weighted by Crippen LogP contribution is 2.10. The van der Waals surface area contributed by atoms with Crippen LogP contribution in [0.5, 0.6) is 0 Å². The van der Waals surface area contributed by atoms with Crippen molar-refractivity contribution < 1.29 is 4.79 Å². The van der Waals surface area contributed by atoms with Gasteiger partial charge in [-0.25, -0.2) is 0 Å². The Labute approximate surface area is 114 Å². The predicted molar refractivity (Wildman–Crippen MR) is 77.5 cm³/mol. The number of amides is 1. The van der Waals surface area contributed by atoms with E-state index in [4.69, 9.17) is 12.2 Å². The maximum Gasteiger partial charge on any atom is 0.258 e. The zero-order valence-electron chi connectivity index (χ0n) is 9.08. The number of carbonyl (C=O) groups excluding carboxylic acids is 1. The smallest absolute Gasteiger partial charge is 0.258 e. The van der Waals surface area contributed by atoms with E-state index >= 15 is 0 Å². The van der Waals surface area contributed by atoms with Crippen LogP contribution in [-0.2, 0) is 0 Å². The molecule has 0 saturated heterocycles. The number of thiocarbonyl (C=S) groups is 1. The molecule has 0 radical (unpaired) electrons. The average molecular weight is 348 g/mol. The van der Waals surface area contributed by atoms with Gasteiger partial charge in [0.1, 0.15) is 0 Å². The van der Waals surface area contributed by atoms with Crippen molar-refractivity contribution in [1.82, 2.24) is 10.6 Å². The molecule has 0 saturated carbocycles. The summed E-state index contributed by atoms with van der Waals surface area (Å²) in [6.45, 7) is 3.93. The number of halogens is 1. The van der Waals surface area contributed by atoms with Crippen LogP contribution in [0.2, 0.25) is 0 Å². The molecule has 0 heterocycles. The van der Waals surface area contributed by atoms with Gasteiger partial charge in [-0.1, -0.05) is 12.1 Å². The summed E-state index contributed by atoms with van der Waals surface area (Å²) in [4.78, 5) is 11.8. The third-order valence-corrected chi connectivity index (χ3v) is 2.93. The van der Waals surface area contributed by atoms with Gasteiger partial charge in [0, 0.05) is 9.61 Å². The number of hydrogen-bond donors (Lipinski definition) is 2. The van der Waals surface area contributed by atoms with E-state index in [-0.39, 0.29) is 11.9 Å². The van der Waals surface area contributed by atoms with E-state index in [1.54, 1.807) is 6.07 Å². The lowest BCUT2D eigenvalue weighted by atomic mass is 10.2. The molecule has 0 unspecified atom stereocenters. The van der Waals surface area contributed by atoms with Crippen LogP contribution in [0.15, 0.2) is 24.3 Å². The summed E-state index contributed by atoms with van der Waals surface area (Å²) < 4.78 is 0.907. The van der Waals surface area contributed by atoms with E-state index in [0.717, 1.165) is 3.57 Å². The Morgan fingerprint density at radius 1 is 1.38 bits per heavy atom. The summed E-state index contributed by atoms with van der Waals surface area (Å²) in [5, 5.41) is 5.97. The normalized spacial score (nSPS) is 10.0. The van der Waals surface area contributed by atoms with E-state index in [0.29, 0.717) is 10.7 Å². The van der Waals surface area contributed by atoms with Crippen LogP contribution in [0.1, 0.15) is 24.2 Å². The summed E-state index contributed by atoms with van der Waals surface area (Å²) in [6.07, 6.45) is 0. The topological polar surface area (TPSA) is 41.1 Å². The van der Waals surface area contributed by atoms with E-state index < -0.39 is 0 Å². The number of benzene rings is 1. The molecule has 0 bridgehead atoms. The Morgan fingerprint density at radius 2 is 2.00 bits per heavy atom. The van der Waals surface area contributed by atoms with Crippen molar-refractivity contribution in [3.63, 3.8) is 0 Å². The molecule has 0 fully saturated rings. The fraction of sp³-hybridized carbons (Fsp3) is 0.273. The minimum atomic E-state index is -0.178. The van der Waals surface area contributed by atoms with E-state index in [1.165, 1.54) is 0 Å². The Hall–Kier alpha value is -0.690. The average Bonchev–Trinajstić information content (AvgIpc) is 2.16. The molecule has 0 aliphatic carbocycles. The van der Waals surface area contributed by atoms with Crippen molar-refractivity contribution >= 4 is 45.8 Å². The molecular formula is C11H13IN2OS. The van der Waals surface area contributed by atoms with Gasteiger partial charge in [0.15, 0.2) is 5.11 Å². The standard InChI is InChI=1S/C11H13IN2OS/c1-7(2)13-11(16)14-10(15)8-5-3-4-6-9(8)12/h3-7H,1-2H3,(H2,13,14,15,16). The second-order valence-electron chi connectivity index (χ2n) is 3.56. The highest BCUT2D eigenvalue weighted by Gasteiger charge is 2.10. The van der Waals surface area contributed by atoms with Gasteiger partial charge >= 0.3 is 0 Å².